The van der Waals surface area contributed by atoms with E-state index in [0.717, 1.165) is 31.8 Å². The molecule has 1 atom stereocenters. The van der Waals surface area contributed by atoms with E-state index in [4.69, 9.17) is 10.5 Å². The average Bonchev–Trinajstić information content (AvgIpc) is 2.93. The van der Waals surface area contributed by atoms with Gasteiger partial charge in [-0.2, -0.15) is 0 Å². The highest BCUT2D eigenvalue weighted by atomic mass is 16.5. The van der Waals surface area contributed by atoms with Crippen LogP contribution in [0.5, 0.6) is 0 Å². The van der Waals surface area contributed by atoms with Crippen LogP contribution in [0.4, 0.5) is 0 Å². The summed E-state index contributed by atoms with van der Waals surface area (Å²) in [7, 11) is 1.67. The first-order valence-electron chi connectivity index (χ1n) is 7.93. The molecule has 1 aliphatic heterocycles. The second kappa shape index (κ2) is 7.64. The molecule has 1 fully saturated rings. The monoisotopic (exact) mass is 311 g/mol. The van der Waals surface area contributed by atoms with Gasteiger partial charge in [0.15, 0.2) is 6.04 Å². The number of tetrazole rings is 1. The third-order valence-electron chi connectivity index (χ3n) is 4.48. The molecule has 8 nitrogen and oxygen atoms in total. The number of nitrogens with zero attached hydrogens (tertiary/aromatic N) is 4. The van der Waals surface area contributed by atoms with E-state index in [1.165, 1.54) is 4.90 Å². The smallest absolute Gasteiger partial charge is 0.220 e. The van der Waals surface area contributed by atoms with Crippen LogP contribution in [0, 0.1) is 11.8 Å². The fourth-order valence-corrected chi connectivity index (χ4v) is 3.31. The van der Waals surface area contributed by atoms with E-state index < -0.39 is 0 Å². The van der Waals surface area contributed by atoms with Crippen LogP contribution in [-0.2, 0) is 16.1 Å². The van der Waals surface area contributed by atoms with Crippen LogP contribution < -0.4 is 10.6 Å². The molecular formula is C14H27N6O2+. The minimum absolute atomic E-state index is 0.0149. The van der Waals surface area contributed by atoms with Gasteiger partial charge in [-0.05, 0) is 10.4 Å². The number of likely N-dealkylation sites (tertiary alicyclic amines) is 1. The quantitative estimate of drug-likeness (QED) is 0.658. The Morgan fingerprint density at radius 2 is 2.14 bits per heavy atom. The molecule has 0 bridgehead atoms. The number of amides is 1. The lowest BCUT2D eigenvalue weighted by Gasteiger charge is -2.35. The number of ether oxygens (including phenoxy) is 1. The Hall–Kier alpha value is -1.54. The van der Waals surface area contributed by atoms with Crippen LogP contribution >= 0.6 is 0 Å². The van der Waals surface area contributed by atoms with Gasteiger partial charge in [-0.1, -0.05) is 13.8 Å². The minimum Gasteiger partial charge on any atom is -0.383 e. The second-order valence-corrected chi connectivity index (χ2v) is 6.31. The minimum atomic E-state index is -0.176. The Bertz CT molecular complexity index is 481. The van der Waals surface area contributed by atoms with Gasteiger partial charge in [-0.3, -0.25) is 4.79 Å². The number of methoxy groups -OCH3 is 1. The summed E-state index contributed by atoms with van der Waals surface area (Å²) >= 11 is 0. The maximum Gasteiger partial charge on any atom is 0.220 e. The first-order chi connectivity index (χ1) is 10.5. The normalized spacial score (nSPS) is 23.6. The van der Waals surface area contributed by atoms with E-state index in [0.29, 0.717) is 19.1 Å². The molecule has 2 heterocycles. The van der Waals surface area contributed by atoms with E-state index in [-0.39, 0.29) is 17.9 Å². The van der Waals surface area contributed by atoms with Gasteiger partial charge in [0.05, 0.1) is 26.2 Å². The van der Waals surface area contributed by atoms with Gasteiger partial charge in [-0.25, -0.2) is 4.68 Å². The number of rotatable bonds is 7. The van der Waals surface area contributed by atoms with Crippen molar-refractivity contribution in [3.05, 3.63) is 5.82 Å². The van der Waals surface area contributed by atoms with Crippen molar-refractivity contribution in [1.82, 2.24) is 20.2 Å². The number of nitrogens with one attached hydrogen (secondary N) is 1. The molecule has 3 N–H and O–H groups in total. The molecule has 0 aliphatic carbocycles. The largest absolute Gasteiger partial charge is 0.383 e. The number of nitrogens with two attached hydrogens (primary N) is 1. The number of quaternary nitrogens is 1. The summed E-state index contributed by atoms with van der Waals surface area (Å²) in [5.74, 6) is 1.15. The van der Waals surface area contributed by atoms with Crippen LogP contribution in [0.25, 0.3) is 0 Å². The van der Waals surface area contributed by atoms with Gasteiger partial charge >= 0.3 is 0 Å². The van der Waals surface area contributed by atoms with Gasteiger partial charge in [0.2, 0.25) is 11.7 Å². The highest BCUT2D eigenvalue weighted by molar-refractivity contribution is 5.76. The van der Waals surface area contributed by atoms with Crippen LogP contribution in [0.15, 0.2) is 0 Å². The summed E-state index contributed by atoms with van der Waals surface area (Å²) in [6.45, 7) is 7.46. The van der Waals surface area contributed by atoms with Crippen molar-refractivity contribution in [1.29, 1.82) is 0 Å². The third kappa shape index (κ3) is 3.80. The summed E-state index contributed by atoms with van der Waals surface area (Å²) < 4.78 is 6.96. The van der Waals surface area contributed by atoms with Crippen LogP contribution in [0.1, 0.15) is 38.6 Å². The Morgan fingerprint density at radius 1 is 1.45 bits per heavy atom. The molecule has 0 saturated carbocycles. The molecule has 0 aromatic carbocycles. The molecule has 8 heteroatoms. The number of hydrogen-bond donors (Lipinski definition) is 2. The second-order valence-electron chi connectivity index (χ2n) is 6.31. The van der Waals surface area contributed by atoms with Crippen LogP contribution in [-0.4, -0.2) is 52.9 Å². The molecule has 22 heavy (non-hydrogen) atoms. The molecular weight excluding hydrogens is 284 g/mol. The number of primary amides is 1. The van der Waals surface area contributed by atoms with Crippen molar-refractivity contribution in [3.63, 3.8) is 0 Å². The zero-order valence-corrected chi connectivity index (χ0v) is 13.7. The molecule has 124 valence electrons. The number of carbonyl (C=O) groups excluding carboxylic acids is 1. The maximum atomic E-state index is 11.3. The van der Waals surface area contributed by atoms with E-state index >= 15 is 0 Å². The van der Waals surface area contributed by atoms with E-state index in [1.54, 1.807) is 7.11 Å². The maximum absolute atomic E-state index is 11.3. The van der Waals surface area contributed by atoms with Crippen molar-refractivity contribution in [2.75, 3.05) is 26.8 Å². The molecule has 0 unspecified atom stereocenters. The van der Waals surface area contributed by atoms with Crippen LogP contribution in [0.2, 0.25) is 0 Å². The van der Waals surface area contributed by atoms with E-state index in [1.807, 2.05) is 4.68 Å². The first kappa shape index (κ1) is 16.8. The fraction of sp³-hybridized carbons (Fsp3) is 0.857. The lowest BCUT2D eigenvalue weighted by atomic mass is 9.92. The van der Waals surface area contributed by atoms with Gasteiger partial charge in [0.1, 0.15) is 0 Å². The molecule has 1 aliphatic rings. The highest BCUT2D eigenvalue weighted by Gasteiger charge is 2.36. The Morgan fingerprint density at radius 3 is 2.68 bits per heavy atom. The number of carbonyl (C=O) groups is 1. The first-order valence-corrected chi connectivity index (χ1v) is 7.93. The molecule has 0 radical (unpaired) electrons. The summed E-state index contributed by atoms with van der Waals surface area (Å²) in [4.78, 5) is 12.8. The molecule has 0 spiro atoms. The van der Waals surface area contributed by atoms with Crippen molar-refractivity contribution in [3.8, 4) is 0 Å². The summed E-state index contributed by atoms with van der Waals surface area (Å²) in [6.07, 6.45) is 1.68. The van der Waals surface area contributed by atoms with Crippen molar-refractivity contribution in [2.45, 2.75) is 39.3 Å². The molecule has 1 aromatic rings. The van der Waals surface area contributed by atoms with Crippen LogP contribution in [0.3, 0.4) is 0 Å². The molecule has 2 rings (SSSR count). The average molecular weight is 311 g/mol. The lowest BCUT2D eigenvalue weighted by molar-refractivity contribution is -0.941. The van der Waals surface area contributed by atoms with Gasteiger partial charge in [0, 0.05) is 31.8 Å². The third-order valence-corrected chi connectivity index (χ3v) is 4.48. The number of hydrogen-bond acceptors (Lipinski definition) is 5. The van der Waals surface area contributed by atoms with Gasteiger partial charge < -0.3 is 15.4 Å². The van der Waals surface area contributed by atoms with Crippen molar-refractivity contribution in [2.24, 2.45) is 17.6 Å². The Kier molecular flexibility index (Phi) is 5.84. The van der Waals surface area contributed by atoms with Gasteiger partial charge in [-0.15, -0.1) is 5.10 Å². The summed E-state index contributed by atoms with van der Waals surface area (Å²) in [5, 5.41) is 12.2. The predicted octanol–water partition coefficient (Wildman–Crippen LogP) is -1.20. The standard InChI is InChI=1S/C14H26N6O2/c1-10(2)12(14-16-17-18-20(14)8-9-22-3)19-6-4-11(5-7-19)13(15)21/h10-12H,4-9H2,1-3H3,(H2,15,21)/p+1/t12-/m1/s1. The zero-order chi connectivity index (χ0) is 16.1. The molecule has 1 saturated heterocycles. The lowest BCUT2D eigenvalue weighted by Crippen LogP contribution is -3.14. The predicted molar refractivity (Wildman–Crippen MR) is 79.9 cm³/mol. The Balaban J connectivity index is 2.11. The van der Waals surface area contributed by atoms with Crippen molar-refractivity contribution >= 4 is 5.91 Å². The number of piperidine rings is 1. The summed E-state index contributed by atoms with van der Waals surface area (Å²) in [6, 6.07) is 0.223. The fourth-order valence-electron chi connectivity index (χ4n) is 3.31. The topological polar surface area (TPSA) is 100 Å². The van der Waals surface area contributed by atoms with Gasteiger partial charge in [0.25, 0.3) is 0 Å². The zero-order valence-electron chi connectivity index (χ0n) is 13.7. The highest BCUT2D eigenvalue weighted by Crippen LogP contribution is 2.18. The molecule has 1 amide bonds. The van der Waals surface area contributed by atoms with E-state index in [2.05, 4.69) is 29.4 Å². The summed E-state index contributed by atoms with van der Waals surface area (Å²) in [5.41, 5.74) is 5.42. The molecule has 1 aromatic heterocycles. The SMILES string of the molecule is COCCn1nnnc1[C@@H](C(C)C)[NH+]1CCC(C(N)=O)CC1. The van der Waals surface area contributed by atoms with E-state index in [9.17, 15) is 4.79 Å². The number of aromatic nitrogens is 4. The Labute approximate surface area is 131 Å². The van der Waals surface area contributed by atoms with Crippen molar-refractivity contribution < 1.29 is 14.4 Å².